The lowest BCUT2D eigenvalue weighted by Crippen LogP contribution is -2.43. The van der Waals surface area contributed by atoms with Crippen molar-refractivity contribution in [2.45, 2.75) is 80.8 Å². The van der Waals surface area contributed by atoms with Gasteiger partial charge in [0, 0.05) is 0 Å². The zero-order chi connectivity index (χ0) is 15.4. The van der Waals surface area contributed by atoms with Crippen molar-refractivity contribution >= 4 is 5.97 Å². The van der Waals surface area contributed by atoms with Crippen LogP contribution in [0.5, 0.6) is 0 Å². The van der Waals surface area contributed by atoms with Crippen LogP contribution in [0.1, 0.15) is 75.2 Å². The van der Waals surface area contributed by atoms with E-state index >= 15 is 0 Å². The first-order valence-electron chi connectivity index (χ1n) is 7.70. The Morgan fingerprint density at radius 1 is 1.00 bits per heavy atom. The first-order valence-corrected chi connectivity index (χ1v) is 7.70. The predicted octanol–water partition coefficient (Wildman–Crippen LogP) is 5.06. The summed E-state index contributed by atoms with van der Waals surface area (Å²) in [4.78, 5) is 12.7. The van der Waals surface area contributed by atoms with Crippen LogP contribution in [0, 0.1) is 23.2 Å². The normalized spacial score (nSPS) is 17.4. The number of hydrogen-bond acceptors (Lipinski definition) is 2. The fraction of sp³-hybridized carbons (Fsp3) is 0.941. The lowest BCUT2D eigenvalue weighted by Gasteiger charge is -2.38. The molecule has 0 amide bonds. The monoisotopic (exact) mass is 270 g/mol. The second kappa shape index (κ2) is 6.76. The standard InChI is InChI=1S/C17H34O2/c1-10-14(6)11-17(9,13(4)5)15(18)19-16(7,8)12(2)3/h12-14H,10-11H2,1-9H3. The van der Waals surface area contributed by atoms with Crippen LogP contribution in [-0.4, -0.2) is 11.6 Å². The van der Waals surface area contributed by atoms with Crippen LogP contribution in [0.15, 0.2) is 0 Å². The van der Waals surface area contributed by atoms with E-state index in [4.69, 9.17) is 4.74 Å². The van der Waals surface area contributed by atoms with Crippen molar-refractivity contribution in [1.29, 1.82) is 0 Å². The molecule has 2 heteroatoms. The maximum absolute atomic E-state index is 12.7. The molecule has 0 fully saturated rings. The predicted molar refractivity (Wildman–Crippen MR) is 82.0 cm³/mol. The van der Waals surface area contributed by atoms with Gasteiger partial charge in [0.2, 0.25) is 0 Å². The van der Waals surface area contributed by atoms with Gasteiger partial charge in [-0.2, -0.15) is 0 Å². The van der Waals surface area contributed by atoms with Crippen LogP contribution < -0.4 is 0 Å². The third-order valence-corrected chi connectivity index (χ3v) is 4.96. The van der Waals surface area contributed by atoms with Crippen LogP contribution in [0.25, 0.3) is 0 Å². The lowest BCUT2D eigenvalue weighted by molar-refractivity contribution is -0.176. The summed E-state index contributed by atoms with van der Waals surface area (Å²) in [5, 5.41) is 0. The zero-order valence-electron chi connectivity index (χ0n) is 14.5. The quantitative estimate of drug-likeness (QED) is 0.604. The molecule has 0 aromatic carbocycles. The Labute approximate surface area is 120 Å². The molecule has 0 spiro atoms. The van der Waals surface area contributed by atoms with Crippen molar-refractivity contribution in [1.82, 2.24) is 0 Å². The molecule has 0 aliphatic heterocycles. The highest BCUT2D eigenvalue weighted by Crippen LogP contribution is 2.38. The first-order chi connectivity index (χ1) is 8.47. The molecule has 0 saturated heterocycles. The number of carbonyl (C=O) groups is 1. The highest BCUT2D eigenvalue weighted by Gasteiger charge is 2.42. The molecule has 0 rings (SSSR count). The third kappa shape index (κ3) is 4.81. The molecular formula is C17H34O2. The summed E-state index contributed by atoms with van der Waals surface area (Å²) in [5.41, 5.74) is -0.787. The Morgan fingerprint density at radius 2 is 1.47 bits per heavy atom. The molecule has 0 aliphatic rings. The first kappa shape index (κ1) is 18.5. The van der Waals surface area contributed by atoms with E-state index in [-0.39, 0.29) is 17.3 Å². The van der Waals surface area contributed by atoms with Crippen LogP contribution in [0.3, 0.4) is 0 Å². The van der Waals surface area contributed by atoms with Crippen molar-refractivity contribution in [3.63, 3.8) is 0 Å². The van der Waals surface area contributed by atoms with Gasteiger partial charge in [0.1, 0.15) is 5.60 Å². The topological polar surface area (TPSA) is 26.3 Å². The zero-order valence-corrected chi connectivity index (χ0v) is 14.5. The van der Waals surface area contributed by atoms with Crippen LogP contribution in [0.2, 0.25) is 0 Å². The van der Waals surface area contributed by atoms with E-state index in [0.717, 1.165) is 12.8 Å². The van der Waals surface area contributed by atoms with Gasteiger partial charge in [-0.05, 0) is 44.9 Å². The minimum absolute atomic E-state index is 0.0403. The van der Waals surface area contributed by atoms with Gasteiger partial charge in [-0.3, -0.25) is 4.79 Å². The van der Waals surface area contributed by atoms with Gasteiger partial charge in [0.25, 0.3) is 0 Å². The Balaban J connectivity index is 5.05. The maximum Gasteiger partial charge on any atom is 0.312 e. The lowest BCUT2D eigenvalue weighted by atomic mass is 9.72. The smallest absolute Gasteiger partial charge is 0.312 e. The Morgan fingerprint density at radius 3 is 1.79 bits per heavy atom. The van der Waals surface area contributed by atoms with E-state index in [0.29, 0.717) is 11.8 Å². The van der Waals surface area contributed by atoms with Crippen molar-refractivity contribution < 1.29 is 9.53 Å². The number of hydrogen-bond donors (Lipinski definition) is 0. The highest BCUT2D eigenvalue weighted by molar-refractivity contribution is 5.77. The van der Waals surface area contributed by atoms with E-state index in [1.165, 1.54) is 0 Å². The number of carbonyl (C=O) groups excluding carboxylic acids is 1. The SMILES string of the molecule is CCC(C)CC(C)(C(=O)OC(C)(C)C(C)C)C(C)C. The summed E-state index contributed by atoms with van der Waals surface area (Å²) < 4.78 is 5.83. The van der Waals surface area contributed by atoms with Crippen molar-refractivity contribution in [2.24, 2.45) is 23.2 Å². The molecule has 0 bridgehead atoms. The van der Waals surface area contributed by atoms with Crippen LogP contribution in [-0.2, 0) is 9.53 Å². The molecule has 19 heavy (non-hydrogen) atoms. The third-order valence-electron chi connectivity index (χ3n) is 4.96. The molecule has 2 unspecified atom stereocenters. The van der Waals surface area contributed by atoms with Gasteiger partial charge in [-0.15, -0.1) is 0 Å². The second-order valence-electron chi connectivity index (χ2n) is 7.44. The second-order valence-corrected chi connectivity index (χ2v) is 7.44. The van der Waals surface area contributed by atoms with Gasteiger partial charge in [-0.25, -0.2) is 0 Å². The molecular weight excluding hydrogens is 236 g/mol. The van der Waals surface area contributed by atoms with Gasteiger partial charge in [0.15, 0.2) is 0 Å². The van der Waals surface area contributed by atoms with Gasteiger partial charge in [-0.1, -0.05) is 48.0 Å². The van der Waals surface area contributed by atoms with Crippen LogP contribution >= 0.6 is 0 Å². The molecule has 0 N–H and O–H groups in total. The van der Waals surface area contributed by atoms with E-state index in [2.05, 4.69) is 48.5 Å². The molecule has 2 atom stereocenters. The summed E-state index contributed by atoms with van der Waals surface area (Å²) in [5.74, 6) is 1.11. The molecule has 114 valence electrons. The Hall–Kier alpha value is -0.530. The fourth-order valence-electron chi connectivity index (χ4n) is 1.90. The van der Waals surface area contributed by atoms with E-state index in [9.17, 15) is 4.79 Å². The van der Waals surface area contributed by atoms with Crippen molar-refractivity contribution in [2.75, 3.05) is 0 Å². The van der Waals surface area contributed by atoms with E-state index in [1.54, 1.807) is 0 Å². The van der Waals surface area contributed by atoms with Crippen LogP contribution in [0.4, 0.5) is 0 Å². The van der Waals surface area contributed by atoms with E-state index < -0.39 is 5.60 Å². The molecule has 0 aromatic heterocycles. The van der Waals surface area contributed by atoms with Crippen molar-refractivity contribution in [3.05, 3.63) is 0 Å². The summed E-state index contributed by atoms with van der Waals surface area (Å²) in [6, 6.07) is 0. The average molecular weight is 270 g/mol. The molecule has 0 radical (unpaired) electrons. The van der Waals surface area contributed by atoms with Gasteiger partial charge in [0.05, 0.1) is 5.41 Å². The maximum atomic E-state index is 12.7. The minimum Gasteiger partial charge on any atom is -0.459 e. The average Bonchev–Trinajstić information content (AvgIpc) is 2.27. The minimum atomic E-state index is -0.400. The number of ether oxygens (including phenoxy) is 1. The molecule has 0 saturated carbocycles. The van der Waals surface area contributed by atoms with Crippen molar-refractivity contribution in [3.8, 4) is 0 Å². The largest absolute Gasteiger partial charge is 0.459 e. The van der Waals surface area contributed by atoms with Gasteiger partial charge < -0.3 is 4.74 Å². The summed E-state index contributed by atoms with van der Waals surface area (Å²) >= 11 is 0. The molecule has 0 aliphatic carbocycles. The summed E-state index contributed by atoms with van der Waals surface area (Å²) in [7, 11) is 0. The molecule has 0 aromatic rings. The van der Waals surface area contributed by atoms with Gasteiger partial charge >= 0.3 is 5.97 Å². The number of esters is 1. The highest BCUT2D eigenvalue weighted by atomic mass is 16.6. The van der Waals surface area contributed by atoms with E-state index in [1.807, 2.05) is 13.8 Å². The Kier molecular flexibility index (Phi) is 6.57. The summed E-state index contributed by atoms with van der Waals surface area (Å²) in [6.07, 6.45) is 2.00. The summed E-state index contributed by atoms with van der Waals surface area (Å²) in [6.45, 7) is 18.9. The fourth-order valence-corrected chi connectivity index (χ4v) is 1.90. The Bertz CT molecular complexity index is 292. The number of rotatable bonds is 7. The molecule has 0 heterocycles. The molecule has 2 nitrogen and oxygen atoms in total.